The molecule has 90 valence electrons. The number of likely N-dealkylation sites (N-methyl/N-ethyl adjacent to an activating group) is 1. The molecule has 2 unspecified atom stereocenters. The van der Waals surface area contributed by atoms with Gasteiger partial charge in [0.2, 0.25) is 0 Å². The Morgan fingerprint density at radius 3 is 2.67 bits per heavy atom. The van der Waals surface area contributed by atoms with Crippen LogP contribution in [0.25, 0.3) is 0 Å². The molecule has 15 heavy (non-hydrogen) atoms. The second kappa shape index (κ2) is 6.46. The molecule has 0 saturated carbocycles. The molecule has 0 aromatic heterocycles. The molecule has 0 aromatic rings. The number of nitrogens with one attached hydrogen (secondary N) is 1. The van der Waals surface area contributed by atoms with Crippen molar-refractivity contribution in [2.45, 2.75) is 39.3 Å². The largest absolute Gasteiger partial charge is 0.380 e. The van der Waals surface area contributed by atoms with Gasteiger partial charge < -0.3 is 15.0 Å². The summed E-state index contributed by atoms with van der Waals surface area (Å²) in [6.45, 7) is 10.8. The Labute approximate surface area is 94.2 Å². The molecule has 3 heteroatoms. The number of rotatable bonds is 6. The molecule has 1 saturated heterocycles. The Kier molecular flexibility index (Phi) is 5.58. The number of ether oxygens (including phenoxy) is 1. The summed E-state index contributed by atoms with van der Waals surface area (Å²) < 4.78 is 5.40. The smallest absolute Gasteiger partial charge is 0.0622 e. The van der Waals surface area contributed by atoms with Crippen LogP contribution in [0.2, 0.25) is 0 Å². The topological polar surface area (TPSA) is 24.5 Å². The fraction of sp³-hybridized carbons (Fsp3) is 1.00. The lowest BCUT2D eigenvalue weighted by Crippen LogP contribution is -2.39. The minimum absolute atomic E-state index is 0.590. The minimum atomic E-state index is 0.590. The Hall–Kier alpha value is -0.120. The molecule has 1 N–H and O–H groups in total. The monoisotopic (exact) mass is 214 g/mol. The molecule has 0 bridgehead atoms. The molecule has 1 heterocycles. The van der Waals surface area contributed by atoms with Gasteiger partial charge in [-0.15, -0.1) is 0 Å². The van der Waals surface area contributed by atoms with Gasteiger partial charge in [-0.1, -0.05) is 20.8 Å². The highest BCUT2D eigenvalue weighted by atomic mass is 16.5. The van der Waals surface area contributed by atoms with Gasteiger partial charge in [-0.25, -0.2) is 0 Å². The van der Waals surface area contributed by atoms with Gasteiger partial charge in [0.25, 0.3) is 0 Å². The van der Waals surface area contributed by atoms with Gasteiger partial charge in [-0.2, -0.15) is 0 Å². The molecule has 0 amide bonds. The van der Waals surface area contributed by atoms with Crippen LogP contribution in [-0.4, -0.2) is 50.3 Å². The third-order valence-electron chi connectivity index (χ3n) is 3.00. The summed E-state index contributed by atoms with van der Waals surface area (Å²) in [4.78, 5) is 2.44. The van der Waals surface area contributed by atoms with E-state index < -0.39 is 0 Å². The van der Waals surface area contributed by atoms with Crippen molar-refractivity contribution in [1.29, 1.82) is 0 Å². The summed E-state index contributed by atoms with van der Waals surface area (Å²) in [6.07, 6.45) is 1.20. The van der Waals surface area contributed by atoms with E-state index in [1.165, 1.54) is 6.42 Å². The molecule has 2 atom stereocenters. The van der Waals surface area contributed by atoms with E-state index in [4.69, 9.17) is 4.74 Å². The van der Waals surface area contributed by atoms with Crippen molar-refractivity contribution < 1.29 is 4.74 Å². The molecule has 1 aliphatic rings. The Balaban J connectivity index is 2.15. The highest BCUT2D eigenvalue weighted by molar-refractivity contribution is 4.75. The molecular formula is C12H26N2O. The maximum absolute atomic E-state index is 5.40. The van der Waals surface area contributed by atoms with Crippen LogP contribution in [0.1, 0.15) is 27.2 Å². The molecule has 1 fully saturated rings. The first-order valence-corrected chi connectivity index (χ1v) is 6.11. The summed E-state index contributed by atoms with van der Waals surface area (Å²) in [5, 5.41) is 3.48. The quantitative estimate of drug-likeness (QED) is 0.722. The molecule has 0 aliphatic carbocycles. The summed E-state index contributed by atoms with van der Waals surface area (Å²) >= 11 is 0. The lowest BCUT2D eigenvalue weighted by atomic mass is 10.1. The van der Waals surface area contributed by atoms with Crippen LogP contribution in [0.15, 0.2) is 0 Å². The molecule has 0 radical (unpaired) electrons. The summed E-state index contributed by atoms with van der Waals surface area (Å²) in [7, 11) is 2.21. The van der Waals surface area contributed by atoms with Crippen LogP contribution >= 0.6 is 0 Å². The normalized spacial score (nSPS) is 24.0. The van der Waals surface area contributed by atoms with Gasteiger partial charge >= 0.3 is 0 Å². The number of nitrogens with zero attached hydrogens (tertiary/aromatic N) is 1. The summed E-state index contributed by atoms with van der Waals surface area (Å²) in [5.74, 6) is 0.706. The standard InChI is InChI=1S/C12H26N2O/c1-10(2)13-7-11(3)8-14(4)12-5-6-15-9-12/h10-13H,5-9H2,1-4H3. The first-order chi connectivity index (χ1) is 7.09. The highest BCUT2D eigenvalue weighted by Crippen LogP contribution is 2.12. The first kappa shape index (κ1) is 12.9. The van der Waals surface area contributed by atoms with Crippen molar-refractivity contribution in [2.24, 2.45) is 5.92 Å². The molecular weight excluding hydrogens is 188 g/mol. The molecule has 1 rings (SSSR count). The van der Waals surface area contributed by atoms with E-state index in [0.717, 1.165) is 26.3 Å². The average molecular weight is 214 g/mol. The lowest BCUT2D eigenvalue weighted by molar-refractivity contribution is 0.150. The van der Waals surface area contributed by atoms with E-state index in [-0.39, 0.29) is 0 Å². The van der Waals surface area contributed by atoms with E-state index >= 15 is 0 Å². The van der Waals surface area contributed by atoms with Crippen LogP contribution in [0, 0.1) is 5.92 Å². The van der Waals surface area contributed by atoms with E-state index in [1.54, 1.807) is 0 Å². The summed E-state index contributed by atoms with van der Waals surface area (Å²) in [5.41, 5.74) is 0. The van der Waals surface area contributed by atoms with Crippen LogP contribution in [0.5, 0.6) is 0 Å². The van der Waals surface area contributed by atoms with Crippen molar-refractivity contribution in [3.63, 3.8) is 0 Å². The zero-order chi connectivity index (χ0) is 11.3. The summed E-state index contributed by atoms with van der Waals surface area (Å²) in [6, 6.07) is 1.24. The van der Waals surface area contributed by atoms with Gasteiger partial charge in [0, 0.05) is 25.2 Å². The van der Waals surface area contributed by atoms with Gasteiger partial charge in [0.15, 0.2) is 0 Å². The predicted octanol–water partition coefficient (Wildman–Crippen LogP) is 1.34. The highest BCUT2D eigenvalue weighted by Gasteiger charge is 2.21. The second-order valence-electron chi connectivity index (χ2n) is 5.13. The maximum atomic E-state index is 5.40. The zero-order valence-electron chi connectivity index (χ0n) is 10.6. The SMILES string of the molecule is CC(CNC(C)C)CN(C)C1CCOC1. The van der Waals surface area contributed by atoms with Crippen molar-refractivity contribution >= 4 is 0 Å². The fourth-order valence-corrected chi connectivity index (χ4v) is 2.01. The maximum Gasteiger partial charge on any atom is 0.0622 e. The van der Waals surface area contributed by atoms with Gasteiger partial charge in [0.05, 0.1) is 6.61 Å². The van der Waals surface area contributed by atoms with Gasteiger partial charge in [-0.05, 0) is 25.9 Å². The van der Waals surface area contributed by atoms with Crippen LogP contribution in [-0.2, 0) is 4.74 Å². The lowest BCUT2D eigenvalue weighted by Gasteiger charge is -2.26. The van der Waals surface area contributed by atoms with Crippen molar-refractivity contribution in [1.82, 2.24) is 10.2 Å². The molecule has 1 aliphatic heterocycles. The van der Waals surface area contributed by atoms with Crippen molar-refractivity contribution in [2.75, 3.05) is 33.4 Å². The Bertz CT molecular complexity index is 167. The van der Waals surface area contributed by atoms with Gasteiger partial charge in [0.1, 0.15) is 0 Å². The van der Waals surface area contributed by atoms with E-state index in [2.05, 4.69) is 38.0 Å². The molecule has 3 nitrogen and oxygen atoms in total. The number of hydrogen-bond acceptors (Lipinski definition) is 3. The van der Waals surface area contributed by atoms with Crippen LogP contribution in [0.4, 0.5) is 0 Å². The number of hydrogen-bond donors (Lipinski definition) is 1. The zero-order valence-corrected chi connectivity index (χ0v) is 10.6. The van der Waals surface area contributed by atoms with E-state index in [0.29, 0.717) is 18.0 Å². The third-order valence-corrected chi connectivity index (χ3v) is 3.00. The molecule has 0 aromatic carbocycles. The Morgan fingerprint density at radius 2 is 2.13 bits per heavy atom. The van der Waals surface area contributed by atoms with Crippen LogP contribution < -0.4 is 5.32 Å². The van der Waals surface area contributed by atoms with Crippen LogP contribution in [0.3, 0.4) is 0 Å². The third kappa shape index (κ3) is 4.96. The first-order valence-electron chi connectivity index (χ1n) is 6.11. The minimum Gasteiger partial charge on any atom is -0.380 e. The molecule has 0 spiro atoms. The van der Waals surface area contributed by atoms with Crippen molar-refractivity contribution in [3.8, 4) is 0 Å². The van der Waals surface area contributed by atoms with E-state index in [1.807, 2.05) is 0 Å². The fourth-order valence-electron chi connectivity index (χ4n) is 2.01. The Morgan fingerprint density at radius 1 is 1.40 bits per heavy atom. The van der Waals surface area contributed by atoms with E-state index in [9.17, 15) is 0 Å². The van der Waals surface area contributed by atoms with Gasteiger partial charge in [-0.3, -0.25) is 0 Å². The second-order valence-corrected chi connectivity index (χ2v) is 5.13. The van der Waals surface area contributed by atoms with Crippen molar-refractivity contribution in [3.05, 3.63) is 0 Å². The predicted molar refractivity (Wildman–Crippen MR) is 64.2 cm³/mol. The average Bonchev–Trinajstić information content (AvgIpc) is 2.67.